The molecule has 0 radical (unpaired) electrons. The van der Waals surface area contributed by atoms with Crippen molar-refractivity contribution in [2.45, 2.75) is 0 Å². The summed E-state index contributed by atoms with van der Waals surface area (Å²) >= 11 is 0. The molecule has 0 amide bonds. The molecule has 10 aromatic rings. The van der Waals surface area contributed by atoms with Crippen molar-refractivity contribution in [3.63, 3.8) is 0 Å². The molecule has 0 aliphatic carbocycles. The Hall–Kier alpha value is -6.58. The van der Waals surface area contributed by atoms with Crippen LogP contribution < -0.4 is 0 Å². The number of fused-ring (bicyclic) bond motifs is 10. The third-order valence-corrected chi connectivity index (χ3v) is 9.78. The Labute approximate surface area is 283 Å². The van der Waals surface area contributed by atoms with Crippen molar-refractivity contribution in [2.75, 3.05) is 0 Å². The lowest BCUT2D eigenvalue weighted by Crippen LogP contribution is -1.96. The van der Waals surface area contributed by atoms with Gasteiger partial charge in [0.25, 0.3) is 0 Å². The minimum Gasteiger partial charge on any atom is -0.354 e. The molecular weight excluding hydrogens is 595 g/mol. The second-order valence-electron chi connectivity index (χ2n) is 12.6. The standard InChI is InChI=1S/C46H29N3/c1-3-14-29(15-4-1)41-28-42(49-46(48-41)30-16-5-2-6-17-30)32-19-13-18-31(26-32)38-27-39-35-22-8-7-20-33(35)34-21-9-10-23-36(34)43(39)45-44(38)37-24-11-12-25-40(37)47-45/h1-28,47H. The van der Waals surface area contributed by atoms with E-state index in [9.17, 15) is 0 Å². The van der Waals surface area contributed by atoms with Gasteiger partial charge in [0.1, 0.15) is 0 Å². The fourth-order valence-corrected chi connectivity index (χ4v) is 7.56. The summed E-state index contributed by atoms with van der Waals surface area (Å²) in [7, 11) is 0. The predicted octanol–water partition coefficient (Wildman–Crippen LogP) is 12.2. The largest absolute Gasteiger partial charge is 0.354 e. The highest BCUT2D eigenvalue weighted by molar-refractivity contribution is 6.35. The molecule has 0 spiro atoms. The van der Waals surface area contributed by atoms with Gasteiger partial charge < -0.3 is 4.98 Å². The van der Waals surface area contributed by atoms with Crippen LogP contribution >= 0.6 is 0 Å². The maximum absolute atomic E-state index is 5.14. The van der Waals surface area contributed by atoms with Crippen LogP contribution in [0.2, 0.25) is 0 Å². The Balaban J connectivity index is 1.27. The van der Waals surface area contributed by atoms with Gasteiger partial charge in [-0.2, -0.15) is 0 Å². The Morgan fingerprint density at radius 2 is 0.878 bits per heavy atom. The topological polar surface area (TPSA) is 41.6 Å². The van der Waals surface area contributed by atoms with Gasteiger partial charge in [-0.25, -0.2) is 9.97 Å². The van der Waals surface area contributed by atoms with E-state index < -0.39 is 0 Å². The Kier molecular flexibility index (Phi) is 6.18. The molecule has 0 aliphatic rings. The van der Waals surface area contributed by atoms with Gasteiger partial charge in [0, 0.05) is 38.4 Å². The van der Waals surface area contributed by atoms with Gasteiger partial charge in [-0.1, -0.05) is 146 Å². The SMILES string of the molecule is c1ccc(-c2cc(-c3cccc(-c4cc5c6ccccc6c6ccccc6c5c5[nH]c6ccccc6c45)c3)nc(-c3ccccc3)n2)cc1. The van der Waals surface area contributed by atoms with Crippen molar-refractivity contribution < 1.29 is 0 Å². The first-order chi connectivity index (χ1) is 24.3. The van der Waals surface area contributed by atoms with E-state index in [-0.39, 0.29) is 0 Å². The first-order valence-electron chi connectivity index (χ1n) is 16.7. The number of benzene rings is 8. The molecule has 2 heterocycles. The zero-order chi connectivity index (χ0) is 32.3. The van der Waals surface area contributed by atoms with Crippen molar-refractivity contribution in [1.29, 1.82) is 0 Å². The fraction of sp³-hybridized carbons (Fsp3) is 0. The number of rotatable bonds is 4. The van der Waals surface area contributed by atoms with Crippen molar-refractivity contribution in [3.05, 3.63) is 170 Å². The van der Waals surface area contributed by atoms with E-state index in [0.29, 0.717) is 5.82 Å². The third kappa shape index (κ3) is 4.44. The molecule has 0 fully saturated rings. The van der Waals surface area contributed by atoms with E-state index in [4.69, 9.17) is 9.97 Å². The van der Waals surface area contributed by atoms with Crippen LogP contribution in [-0.2, 0) is 0 Å². The van der Waals surface area contributed by atoms with Crippen molar-refractivity contribution in [1.82, 2.24) is 15.0 Å². The highest BCUT2D eigenvalue weighted by Gasteiger charge is 2.19. The molecule has 0 saturated heterocycles. The van der Waals surface area contributed by atoms with Crippen LogP contribution in [0.4, 0.5) is 0 Å². The van der Waals surface area contributed by atoms with Gasteiger partial charge in [0.2, 0.25) is 0 Å². The maximum atomic E-state index is 5.14. The minimum absolute atomic E-state index is 0.713. The van der Waals surface area contributed by atoms with Crippen LogP contribution in [0, 0.1) is 0 Å². The Bertz CT molecular complexity index is 2810. The second kappa shape index (κ2) is 11.0. The van der Waals surface area contributed by atoms with Crippen LogP contribution in [0.25, 0.3) is 99.2 Å². The van der Waals surface area contributed by atoms with E-state index in [1.807, 2.05) is 24.3 Å². The molecule has 0 saturated carbocycles. The van der Waals surface area contributed by atoms with Crippen LogP contribution in [0.1, 0.15) is 0 Å². The molecule has 1 N–H and O–H groups in total. The quantitative estimate of drug-likeness (QED) is 0.198. The maximum Gasteiger partial charge on any atom is 0.160 e. The molecular formula is C46H29N3. The first-order valence-corrected chi connectivity index (χ1v) is 16.7. The summed E-state index contributed by atoms with van der Waals surface area (Å²) in [5, 5.41) is 10.0. The zero-order valence-electron chi connectivity index (χ0n) is 26.6. The Morgan fingerprint density at radius 1 is 0.347 bits per heavy atom. The lowest BCUT2D eigenvalue weighted by molar-refractivity contribution is 1.18. The van der Waals surface area contributed by atoms with Gasteiger partial charge >= 0.3 is 0 Å². The first kappa shape index (κ1) is 27.5. The molecule has 8 aromatic carbocycles. The number of hydrogen-bond acceptors (Lipinski definition) is 2. The van der Waals surface area contributed by atoms with Crippen LogP contribution in [0.15, 0.2) is 170 Å². The summed E-state index contributed by atoms with van der Waals surface area (Å²) < 4.78 is 0. The number of aromatic nitrogens is 3. The van der Waals surface area contributed by atoms with E-state index in [1.165, 1.54) is 54.2 Å². The summed E-state index contributed by atoms with van der Waals surface area (Å²) in [5.41, 5.74) is 9.54. The van der Waals surface area contributed by atoms with Gasteiger partial charge in [-0.05, 0) is 62.3 Å². The van der Waals surface area contributed by atoms with E-state index in [1.54, 1.807) is 0 Å². The minimum atomic E-state index is 0.713. The summed E-state index contributed by atoms with van der Waals surface area (Å²) in [6.07, 6.45) is 0. The average Bonchev–Trinajstić information content (AvgIpc) is 3.58. The van der Waals surface area contributed by atoms with Gasteiger partial charge in [0.15, 0.2) is 5.82 Å². The number of para-hydroxylation sites is 1. The second-order valence-corrected chi connectivity index (χ2v) is 12.6. The van der Waals surface area contributed by atoms with Gasteiger partial charge in [0.05, 0.1) is 16.9 Å². The molecule has 3 nitrogen and oxygen atoms in total. The summed E-state index contributed by atoms with van der Waals surface area (Å²) in [4.78, 5) is 14.0. The highest BCUT2D eigenvalue weighted by Crippen LogP contribution is 2.45. The number of aromatic amines is 1. The normalized spacial score (nSPS) is 11.7. The van der Waals surface area contributed by atoms with Crippen molar-refractivity contribution in [2.24, 2.45) is 0 Å². The average molecular weight is 624 g/mol. The predicted molar refractivity (Wildman–Crippen MR) is 206 cm³/mol. The van der Waals surface area contributed by atoms with Crippen LogP contribution in [-0.4, -0.2) is 15.0 Å². The number of nitrogens with zero attached hydrogens (tertiary/aromatic N) is 2. The van der Waals surface area contributed by atoms with Crippen LogP contribution in [0.3, 0.4) is 0 Å². The van der Waals surface area contributed by atoms with Crippen LogP contribution in [0.5, 0.6) is 0 Å². The zero-order valence-corrected chi connectivity index (χ0v) is 26.6. The smallest absolute Gasteiger partial charge is 0.160 e. The molecule has 3 heteroatoms. The van der Waals surface area contributed by atoms with Crippen molar-refractivity contribution in [3.8, 4) is 45.0 Å². The molecule has 0 bridgehead atoms. The molecule has 0 aliphatic heterocycles. The van der Waals surface area contributed by atoms with Crippen molar-refractivity contribution >= 4 is 54.1 Å². The Morgan fingerprint density at radius 3 is 1.61 bits per heavy atom. The summed E-state index contributed by atoms with van der Waals surface area (Å²) in [6.45, 7) is 0. The molecule has 0 unspecified atom stereocenters. The molecule has 228 valence electrons. The molecule has 0 atom stereocenters. The molecule has 2 aromatic heterocycles. The number of H-pyrrole nitrogens is 1. The molecule has 49 heavy (non-hydrogen) atoms. The highest BCUT2D eigenvalue weighted by atomic mass is 14.9. The third-order valence-electron chi connectivity index (χ3n) is 9.78. The lowest BCUT2D eigenvalue weighted by atomic mass is 9.89. The lowest BCUT2D eigenvalue weighted by Gasteiger charge is -2.15. The van der Waals surface area contributed by atoms with E-state index >= 15 is 0 Å². The monoisotopic (exact) mass is 623 g/mol. The fourth-order valence-electron chi connectivity index (χ4n) is 7.56. The van der Waals surface area contributed by atoms with E-state index in [0.717, 1.165) is 39.2 Å². The van der Waals surface area contributed by atoms with E-state index in [2.05, 4.69) is 151 Å². The summed E-state index contributed by atoms with van der Waals surface area (Å²) in [6, 6.07) is 60.2. The van der Waals surface area contributed by atoms with Gasteiger partial charge in [-0.15, -0.1) is 0 Å². The number of nitrogens with one attached hydrogen (secondary N) is 1. The van der Waals surface area contributed by atoms with Gasteiger partial charge in [-0.3, -0.25) is 0 Å². The number of hydrogen-bond donors (Lipinski definition) is 1. The summed E-state index contributed by atoms with van der Waals surface area (Å²) in [5.74, 6) is 0.713. The molecule has 10 rings (SSSR count).